The van der Waals surface area contributed by atoms with E-state index in [9.17, 15) is 9.59 Å². The van der Waals surface area contributed by atoms with Crippen LogP contribution >= 0.6 is 0 Å². The lowest BCUT2D eigenvalue weighted by molar-refractivity contribution is -0.126. The number of piperidine rings is 1. The van der Waals surface area contributed by atoms with Gasteiger partial charge in [-0.3, -0.25) is 9.69 Å². The summed E-state index contributed by atoms with van der Waals surface area (Å²) in [5, 5.41) is 3.12. The lowest BCUT2D eigenvalue weighted by Crippen LogP contribution is -2.52. The molecule has 1 aromatic rings. The van der Waals surface area contributed by atoms with Gasteiger partial charge in [0.1, 0.15) is 11.9 Å². The highest BCUT2D eigenvalue weighted by molar-refractivity contribution is 5.94. The van der Waals surface area contributed by atoms with Gasteiger partial charge in [-0.05, 0) is 64.0 Å². The first kappa shape index (κ1) is 20.8. The van der Waals surface area contributed by atoms with Crippen molar-refractivity contribution in [1.82, 2.24) is 10.2 Å². The summed E-state index contributed by atoms with van der Waals surface area (Å²) in [5.41, 5.74) is 2.32. The molecular weight excluding hydrogens is 378 g/mol. The lowest BCUT2D eigenvalue weighted by atomic mass is 9.95. The van der Waals surface area contributed by atoms with Crippen LogP contribution in [-0.4, -0.2) is 49.1 Å². The number of hydrogen-bond donors (Lipinski definition) is 1. The molecule has 1 atom stereocenters. The van der Waals surface area contributed by atoms with Gasteiger partial charge in [0.2, 0.25) is 5.91 Å². The quantitative estimate of drug-likeness (QED) is 0.759. The number of amides is 3. The zero-order valence-corrected chi connectivity index (χ0v) is 17.9. The largest absolute Gasteiger partial charge is 0.487 e. The van der Waals surface area contributed by atoms with Gasteiger partial charge in [0.15, 0.2) is 0 Å². The second kappa shape index (κ2) is 9.54. The van der Waals surface area contributed by atoms with E-state index in [1.54, 1.807) is 0 Å². The molecule has 1 aliphatic carbocycles. The number of fused-ring (bicyclic) bond motifs is 1. The Labute approximate surface area is 179 Å². The van der Waals surface area contributed by atoms with Gasteiger partial charge >= 0.3 is 6.03 Å². The number of rotatable bonds is 4. The van der Waals surface area contributed by atoms with Gasteiger partial charge in [-0.2, -0.15) is 0 Å². The molecule has 6 heteroatoms. The fourth-order valence-corrected chi connectivity index (χ4v) is 4.70. The normalized spacial score (nSPS) is 22.0. The second-order valence-electron chi connectivity index (χ2n) is 8.70. The van der Waals surface area contributed by atoms with Crippen molar-refractivity contribution in [2.45, 2.75) is 58.0 Å². The molecule has 0 bridgehead atoms. The van der Waals surface area contributed by atoms with Crippen molar-refractivity contribution in [3.8, 4) is 5.75 Å². The molecule has 1 aromatic carbocycles. The van der Waals surface area contributed by atoms with Crippen molar-refractivity contribution in [3.63, 3.8) is 0 Å². The number of anilines is 1. The SMILES string of the molecule is C[C@H]1CN(C(=O)N2CCC(C(=O)NCCC3=CCCCC3)CC2)c2ccccc2O1. The smallest absolute Gasteiger partial charge is 0.324 e. The van der Waals surface area contributed by atoms with E-state index in [1.807, 2.05) is 41.0 Å². The van der Waals surface area contributed by atoms with E-state index in [0.29, 0.717) is 19.6 Å². The molecule has 1 fully saturated rings. The summed E-state index contributed by atoms with van der Waals surface area (Å²) in [7, 11) is 0. The average molecular weight is 412 g/mol. The van der Waals surface area contributed by atoms with Crippen LogP contribution in [0.4, 0.5) is 10.5 Å². The number of carbonyl (C=O) groups excluding carboxylic acids is 2. The van der Waals surface area contributed by atoms with Gasteiger partial charge in [-0.25, -0.2) is 4.79 Å². The molecule has 30 heavy (non-hydrogen) atoms. The van der Waals surface area contributed by atoms with E-state index in [1.165, 1.54) is 31.3 Å². The third-order valence-electron chi connectivity index (χ3n) is 6.42. The Morgan fingerprint density at radius 1 is 1.17 bits per heavy atom. The van der Waals surface area contributed by atoms with Crippen molar-refractivity contribution in [3.05, 3.63) is 35.9 Å². The maximum Gasteiger partial charge on any atom is 0.324 e. The number of para-hydroxylation sites is 2. The number of urea groups is 1. The highest BCUT2D eigenvalue weighted by Gasteiger charge is 2.33. The summed E-state index contributed by atoms with van der Waals surface area (Å²) in [5.74, 6) is 0.904. The summed E-state index contributed by atoms with van der Waals surface area (Å²) in [4.78, 5) is 29.4. The molecule has 0 saturated carbocycles. The first-order valence-electron chi connectivity index (χ1n) is 11.4. The maximum absolute atomic E-state index is 13.2. The van der Waals surface area contributed by atoms with Crippen molar-refractivity contribution in [2.24, 2.45) is 5.92 Å². The fraction of sp³-hybridized carbons (Fsp3) is 0.583. The van der Waals surface area contributed by atoms with Crippen LogP contribution < -0.4 is 15.0 Å². The second-order valence-corrected chi connectivity index (χ2v) is 8.70. The number of benzene rings is 1. The van der Waals surface area contributed by atoms with Crippen molar-refractivity contribution in [2.75, 3.05) is 31.1 Å². The van der Waals surface area contributed by atoms with Crippen molar-refractivity contribution in [1.29, 1.82) is 0 Å². The summed E-state index contributed by atoms with van der Waals surface area (Å²) < 4.78 is 5.86. The van der Waals surface area contributed by atoms with Gasteiger partial charge in [0, 0.05) is 25.6 Å². The predicted molar refractivity (Wildman–Crippen MR) is 118 cm³/mol. The van der Waals surface area contributed by atoms with Crippen LogP contribution in [0.2, 0.25) is 0 Å². The predicted octanol–water partition coefficient (Wildman–Crippen LogP) is 4.11. The zero-order chi connectivity index (χ0) is 20.9. The molecule has 0 radical (unpaired) electrons. The van der Waals surface area contributed by atoms with E-state index >= 15 is 0 Å². The zero-order valence-electron chi connectivity index (χ0n) is 17.9. The molecule has 3 amide bonds. The first-order valence-corrected chi connectivity index (χ1v) is 11.4. The summed E-state index contributed by atoms with van der Waals surface area (Å²) >= 11 is 0. The number of allylic oxidation sites excluding steroid dienone is 1. The van der Waals surface area contributed by atoms with Crippen molar-refractivity contribution >= 4 is 17.6 Å². The maximum atomic E-state index is 13.2. The third-order valence-corrected chi connectivity index (χ3v) is 6.42. The number of nitrogens with one attached hydrogen (secondary N) is 1. The Balaban J connectivity index is 1.26. The third kappa shape index (κ3) is 4.79. The Morgan fingerprint density at radius 2 is 1.97 bits per heavy atom. The molecule has 1 N–H and O–H groups in total. The Kier molecular flexibility index (Phi) is 6.60. The lowest BCUT2D eigenvalue weighted by Gasteiger charge is -2.39. The van der Waals surface area contributed by atoms with Crippen LogP contribution in [0.15, 0.2) is 35.9 Å². The molecule has 1 saturated heterocycles. The fourth-order valence-electron chi connectivity index (χ4n) is 4.70. The number of likely N-dealkylation sites (tertiary alicyclic amines) is 1. The topological polar surface area (TPSA) is 61.9 Å². The molecule has 6 nitrogen and oxygen atoms in total. The summed E-state index contributed by atoms with van der Waals surface area (Å²) in [6.07, 6.45) is 9.65. The average Bonchev–Trinajstić information content (AvgIpc) is 2.78. The van der Waals surface area contributed by atoms with E-state index < -0.39 is 0 Å². The molecule has 0 spiro atoms. The van der Waals surface area contributed by atoms with Crippen LogP contribution in [0.5, 0.6) is 5.75 Å². The molecular formula is C24H33N3O3. The Bertz CT molecular complexity index is 799. The first-order chi connectivity index (χ1) is 14.6. The number of hydrogen-bond acceptors (Lipinski definition) is 3. The van der Waals surface area contributed by atoms with Crippen LogP contribution in [0.25, 0.3) is 0 Å². The van der Waals surface area contributed by atoms with Crippen LogP contribution in [0.3, 0.4) is 0 Å². The minimum Gasteiger partial charge on any atom is -0.487 e. The Morgan fingerprint density at radius 3 is 2.73 bits per heavy atom. The number of ether oxygens (including phenoxy) is 1. The standard InChI is InChI=1S/C24H33N3O3/c1-18-17-27(21-9-5-6-10-22(21)30-18)24(29)26-15-12-20(13-16-26)23(28)25-14-11-19-7-3-2-4-8-19/h5-7,9-10,18,20H,2-4,8,11-17H2,1H3,(H,25,28)/t18-/m0/s1. The van der Waals surface area contributed by atoms with Gasteiger partial charge < -0.3 is 15.0 Å². The monoisotopic (exact) mass is 411 g/mol. The van der Waals surface area contributed by atoms with Gasteiger partial charge in [-0.15, -0.1) is 0 Å². The minimum absolute atomic E-state index is 0.00489. The molecule has 2 aliphatic heterocycles. The van der Waals surface area contributed by atoms with Crippen LogP contribution in [0.1, 0.15) is 51.9 Å². The molecule has 0 aromatic heterocycles. The molecule has 162 valence electrons. The van der Waals surface area contributed by atoms with E-state index in [-0.39, 0.29) is 24.0 Å². The van der Waals surface area contributed by atoms with Gasteiger partial charge in [0.25, 0.3) is 0 Å². The molecule has 3 aliphatic rings. The van der Waals surface area contributed by atoms with E-state index in [0.717, 1.165) is 37.2 Å². The minimum atomic E-state index is -0.0357. The van der Waals surface area contributed by atoms with Crippen LogP contribution in [0, 0.1) is 5.92 Å². The molecule has 0 unspecified atom stereocenters. The summed E-state index contributed by atoms with van der Waals surface area (Å²) in [6.45, 7) is 4.50. The molecule has 4 rings (SSSR count). The van der Waals surface area contributed by atoms with E-state index in [2.05, 4.69) is 11.4 Å². The van der Waals surface area contributed by atoms with Crippen molar-refractivity contribution < 1.29 is 14.3 Å². The highest BCUT2D eigenvalue weighted by Crippen LogP contribution is 2.34. The summed E-state index contributed by atoms with van der Waals surface area (Å²) in [6, 6.07) is 7.71. The highest BCUT2D eigenvalue weighted by atomic mass is 16.5. The van der Waals surface area contributed by atoms with Gasteiger partial charge in [0.05, 0.1) is 12.2 Å². The number of nitrogens with zero attached hydrogens (tertiary/aromatic N) is 2. The Hall–Kier alpha value is -2.50. The van der Waals surface area contributed by atoms with Crippen LogP contribution in [-0.2, 0) is 4.79 Å². The molecule has 2 heterocycles. The van der Waals surface area contributed by atoms with E-state index in [4.69, 9.17) is 4.74 Å². The number of carbonyl (C=O) groups is 2. The van der Waals surface area contributed by atoms with Gasteiger partial charge in [-0.1, -0.05) is 23.8 Å².